The van der Waals surface area contributed by atoms with Crippen LogP contribution in [0.3, 0.4) is 0 Å². The number of hydrogen-bond acceptors (Lipinski definition) is 4. The van der Waals surface area contributed by atoms with E-state index in [4.69, 9.17) is 23.2 Å². The van der Waals surface area contributed by atoms with E-state index >= 15 is 0 Å². The fourth-order valence-corrected chi connectivity index (χ4v) is 3.17. The molecule has 0 saturated carbocycles. The molecule has 0 unspecified atom stereocenters. The molecule has 1 aromatic heterocycles. The maximum Gasteiger partial charge on any atom is 0.229 e. The van der Waals surface area contributed by atoms with E-state index in [0.717, 1.165) is 24.6 Å². The van der Waals surface area contributed by atoms with Crippen LogP contribution in [-0.2, 0) is 0 Å². The van der Waals surface area contributed by atoms with Crippen molar-refractivity contribution in [3.8, 4) is 0 Å². The lowest BCUT2D eigenvalue weighted by molar-refractivity contribution is 0.726. The van der Waals surface area contributed by atoms with E-state index in [0.29, 0.717) is 16.0 Å². The maximum atomic E-state index is 6.01. The highest BCUT2D eigenvalue weighted by molar-refractivity contribution is 6.35. The average molecular weight is 337 g/mol. The van der Waals surface area contributed by atoms with Gasteiger partial charge < -0.3 is 10.2 Å². The summed E-state index contributed by atoms with van der Waals surface area (Å²) in [5, 5.41) is 4.33. The van der Waals surface area contributed by atoms with Crippen LogP contribution >= 0.6 is 23.2 Å². The predicted molar refractivity (Wildman–Crippen MR) is 92.5 cm³/mol. The molecule has 116 valence electrons. The van der Waals surface area contributed by atoms with Crippen LogP contribution in [0.15, 0.2) is 30.5 Å². The van der Waals surface area contributed by atoms with Crippen molar-refractivity contribution in [1.82, 2.24) is 9.97 Å². The molecule has 1 N–H and O–H groups in total. The van der Waals surface area contributed by atoms with Gasteiger partial charge in [-0.25, -0.2) is 4.98 Å². The van der Waals surface area contributed by atoms with E-state index in [1.807, 2.05) is 6.07 Å². The molecule has 22 heavy (non-hydrogen) atoms. The number of benzene rings is 1. The summed E-state index contributed by atoms with van der Waals surface area (Å²) in [7, 11) is 0. The first kappa shape index (κ1) is 15.4. The lowest BCUT2D eigenvalue weighted by Crippen LogP contribution is -2.25. The van der Waals surface area contributed by atoms with Crippen LogP contribution in [0.1, 0.15) is 25.7 Å². The Balaban J connectivity index is 1.78. The lowest BCUT2D eigenvalue weighted by atomic mass is 10.2. The zero-order valence-corrected chi connectivity index (χ0v) is 13.7. The molecule has 0 bridgehead atoms. The smallest absolute Gasteiger partial charge is 0.229 e. The van der Waals surface area contributed by atoms with Gasteiger partial charge in [0.25, 0.3) is 0 Å². The third-order valence-corrected chi connectivity index (χ3v) is 4.13. The van der Waals surface area contributed by atoms with Gasteiger partial charge in [0, 0.05) is 35.0 Å². The third-order valence-electron chi connectivity index (χ3n) is 3.69. The fourth-order valence-electron chi connectivity index (χ4n) is 2.64. The van der Waals surface area contributed by atoms with Crippen molar-refractivity contribution in [3.63, 3.8) is 0 Å². The molecule has 1 aliphatic heterocycles. The molecule has 0 radical (unpaired) electrons. The van der Waals surface area contributed by atoms with Gasteiger partial charge in [-0.2, -0.15) is 4.98 Å². The Morgan fingerprint density at radius 1 is 0.955 bits per heavy atom. The molecule has 0 amide bonds. The zero-order chi connectivity index (χ0) is 15.4. The topological polar surface area (TPSA) is 41.1 Å². The number of nitrogens with zero attached hydrogens (tertiary/aromatic N) is 3. The third kappa shape index (κ3) is 4.02. The molecule has 2 heterocycles. The highest BCUT2D eigenvalue weighted by Gasteiger charge is 2.12. The van der Waals surface area contributed by atoms with Gasteiger partial charge in [0.05, 0.1) is 0 Å². The Kier molecular flexibility index (Phi) is 5.01. The van der Waals surface area contributed by atoms with Crippen LogP contribution in [0.4, 0.5) is 17.5 Å². The van der Waals surface area contributed by atoms with E-state index in [9.17, 15) is 0 Å². The average Bonchev–Trinajstić information content (AvgIpc) is 2.75. The molecular weight excluding hydrogens is 319 g/mol. The number of halogens is 2. The van der Waals surface area contributed by atoms with E-state index in [1.54, 1.807) is 24.4 Å². The molecule has 6 heteroatoms. The Hall–Kier alpha value is -1.52. The molecule has 1 saturated heterocycles. The van der Waals surface area contributed by atoms with E-state index in [-0.39, 0.29) is 0 Å². The molecule has 0 aliphatic carbocycles. The minimum atomic E-state index is 0.556. The predicted octanol–water partition coefficient (Wildman–Crippen LogP) is 4.91. The van der Waals surface area contributed by atoms with E-state index < -0.39 is 0 Å². The van der Waals surface area contributed by atoms with Gasteiger partial charge in [-0.15, -0.1) is 0 Å². The summed E-state index contributed by atoms with van der Waals surface area (Å²) < 4.78 is 0. The largest absolute Gasteiger partial charge is 0.356 e. The molecule has 2 aromatic rings. The van der Waals surface area contributed by atoms with Crippen molar-refractivity contribution in [3.05, 3.63) is 40.5 Å². The Morgan fingerprint density at radius 2 is 1.64 bits per heavy atom. The minimum Gasteiger partial charge on any atom is -0.356 e. The normalized spacial score (nSPS) is 15.5. The Bertz CT molecular complexity index is 620. The van der Waals surface area contributed by atoms with Crippen molar-refractivity contribution < 1.29 is 0 Å². The van der Waals surface area contributed by atoms with Crippen molar-refractivity contribution in [1.29, 1.82) is 0 Å². The van der Waals surface area contributed by atoms with E-state index in [1.165, 1.54) is 25.7 Å². The molecule has 0 atom stereocenters. The van der Waals surface area contributed by atoms with Crippen molar-refractivity contribution >= 4 is 40.7 Å². The van der Waals surface area contributed by atoms with Crippen LogP contribution in [0, 0.1) is 0 Å². The Labute approximate surface area is 140 Å². The number of anilines is 3. The first-order chi connectivity index (χ1) is 10.7. The number of rotatable bonds is 3. The van der Waals surface area contributed by atoms with Gasteiger partial charge >= 0.3 is 0 Å². The minimum absolute atomic E-state index is 0.556. The summed E-state index contributed by atoms with van der Waals surface area (Å²) in [5.74, 6) is 1.52. The molecule has 1 aromatic carbocycles. The molecular formula is C16H18Cl2N4. The molecule has 1 aliphatic rings. The van der Waals surface area contributed by atoms with E-state index in [2.05, 4.69) is 20.2 Å². The second-order valence-corrected chi connectivity index (χ2v) is 6.30. The van der Waals surface area contributed by atoms with Gasteiger partial charge in [0.15, 0.2) is 0 Å². The summed E-state index contributed by atoms with van der Waals surface area (Å²) in [6, 6.07) is 7.26. The van der Waals surface area contributed by atoms with Gasteiger partial charge in [0.1, 0.15) is 5.82 Å². The summed E-state index contributed by atoms with van der Waals surface area (Å²) in [6.07, 6.45) is 6.82. The van der Waals surface area contributed by atoms with Gasteiger partial charge in [0.2, 0.25) is 5.95 Å². The van der Waals surface area contributed by atoms with Gasteiger partial charge in [-0.1, -0.05) is 36.0 Å². The number of hydrogen-bond donors (Lipinski definition) is 1. The summed E-state index contributed by atoms with van der Waals surface area (Å²) in [4.78, 5) is 11.2. The highest BCUT2D eigenvalue weighted by atomic mass is 35.5. The van der Waals surface area contributed by atoms with Gasteiger partial charge in [-0.3, -0.25) is 0 Å². The van der Waals surface area contributed by atoms with Gasteiger partial charge in [-0.05, 0) is 37.1 Å². The quantitative estimate of drug-likeness (QED) is 0.864. The van der Waals surface area contributed by atoms with Crippen LogP contribution in [0.5, 0.6) is 0 Å². The number of aromatic nitrogens is 2. The lowest BCUT2D eigenvalue weighted by Gasteiger charge is -2.21. The highest BCUT2D eigenvalue weighted by Crippen LogP contribution is 2.25. The second-order valence-electron chi connectivity index (χ2n) is 5.42. The molecule has 4 nitrogen and oxygen atoms in total. The molecule has 3 rings (SSSR count). The summed E-state index contributed by atoms with van der Waals surface area (Å²) in [5.41, 5.74) is 0.783. The Morgan fingerprint density at radius 3 is 2.32 bits per heavy atom. The van der Waals surface area contributed by atoms with Crippen LogP contribution in [0.2, 0.25) is 10.0 Å². The molecule has 1 fully saturated rings. The van der Waals surface area contributed by atoms with Crippen molar-refractivity contribution in [2.75, 3.05) is 23.3 Å². The van der Waals surface area contributed by atoms with Crippen LogP contribution < -0.4 is 10.2 Å². The second kappa shape index (κ2) is 7.16. The number of nitrogens with one attached hydrogen (secondary N) is 1. The fraction of sp³-hybridized carbons (Fsp3) is 0.375. The zero-order valence-electron chi connectivity index (χ0n) is 12.2. The standard InChI is InChI=1S/C16H18Cl2N4/c17-12-9-13(18)11-14(10-12)20-16-19-6-5-15(21-16)22-7-3-1-2-4-8-22/h5-6,9-11H,1-4,7-8H2,(H,19,20,21). The van der Waals surface area contributed by atoms with Crippen LogP contribution in [-0.4, -0.2) is 23.1 Å². The summed E-state index contributed by atoms with van der Waals surface area (Å²) in [6.45, 7) is 2.11. The summed E-state index contributed by atoms with van der Waals surface area (Å²) >= 11 is 12.0. The monoisotopic (exact) mass is 336 g/mol. The molecule has 0 spiro atoms. The first-order valence-electron chi connectivity index (χ1n) is 7.52. The van der Waals surface area contributed by atoms with Crippen molar-refractivity contribution in [2.24, 2.45) is 0 Å². The maximum absolute atomic E-state index is 6.01. The first-order valence-corrected chi connectivity index (χ1v) is 8.27. The van der Waals surface area contributed by atoms with Crippen LogP contribution in [0.25, 0.3) is 0 Å². The van der Waals surface area contributed by atoms with Crippen molar-refractivity contribution in [2.45, 2.75) is 25.7 Å². The SMILES string of the molecule is Clc1cc(Cl)cc(Nc2nccc(N3CCCCCC3)n2)c1.